The summed E-state index contributed by atoms with van der Waals surface area (Å²) in [7, 11) is 1.50. The summed E-state index contributed by atoms with van der Waals surface area (Å²) in [6, 6.07) is 8.80. The maximum absolute atomic E-state index is 14.9. The minimum absolute atomic E-state index is 0.0788. The Kier molecular flexibility index (Phi) is 7.54. The van der Waals surface area contributed by atoms with Crippen LogP contribution in [0.25, 0.3) is 0 Å². The molecule has 0 spiro atoms. The van der Waals surface area contributed by atoms with E-state index in [0.717, 1.165) is 6.07 Å². The first kappa shape index (κ1) is 24.9. The number of aliphatic hydroxyl groups is 1. The van der Waals surface area contributed by atoms with Crippen molar-refractivity contribution >= 4 is 46.5 Å². The van der Waals surface area contributed by atoms with Crippen LogP contribution in [-0.4, -0.2) is 66.3 Å². The van der Waals surface area contributed by atoms with Crippen molar-refractivity contribution in [3.63, 3.8) is 0 Å². The van der Waals surface area contributed by atoms with Crippen molar-refractivity contribution in [2.24, 2.45) is 0 Å². The largest absolute Gasteiger partial charge is 0.394 e. The number of amides is 4. The number of urea groups is 1. The van der Waals surface area contributed by atoms with Gasteiger partial charge in [-0.15, -0.1) is 0 Å². The van der Waals surface area contributed by atoms with E-state index in [0.29, 0.717) is 22.8 Å². The Hall–Kier alpha value is -3.21. The van der Waals surface area contributed by atoms with E-state index in [1.165, 1.54) is 29.0 Å². The Morgan fingerprint density at radius 2 is 1.94 bits per heavy atom. The van der Waals surface area contributed by atoms with E-state index in [1.807, 2.05) is 0 Å². The molecule has 0 bridgehead atoms. The fraction of sp³-hybridized carbons (Fsp3) is 0.375. The summed E-state index contributed by atoms with van der Waals surface area (Å²) in [4.78, 5) is 40.8. The van der Waals surface area contributed by atoms with Gasteiger partial charge in [-0.1, -0.05) is 11.6 Å². The number of nitrogens with one attached hydrogen (secondary N) is 2. The lowest BCUT2D eigenvalue weighted by atomic mass is 10.1. The van der Waals surface area contributed by atoms with Gasteiger partial charge in [0.25, 0.3) is 0 Å². The number of likely N-dealkylation sites (tertiary alicyclic amines) is 1. The third-order valence-electron chi connectivity index (χ3n) is 6.28. The number of anilines is 3. The first-order valence-corrected chi connectivity index (χ1v) is 11.6. The van der Waals surface area contributed by atoms with Crippen molar-refractivity contribution in [1.29, 1.82) is 0 Å². The number of rotatable bonds is 6. The number of carbonyl (C=O) groups excluding carboxylic acids is 3. The van der Waals surface area contributed by atoms with Crippen LogP contribution in [0.2, 0.25) is 5.02 Å². The third kappa shape index (κ3) is 5.39. The highest BCUT2D eigenvalue weighted by molar-refractivity contribution is 6.30. The molecule has 0 saturated carbocycles. The van der Waals surface area contributed by atoms with Gasteiger partial charge in [0.1, 0.15) is 11.9 Å². The Morgan fingerprint density at radius 3 is 2.60 bits per heavy atom. The molecule has 4 amide bonds. The number of benzene rings is 2. The average Bonchev–Trinajstić information content (AvgIpc) is 3.45. The quantitative estimate of drug-likeness (QED) is 0.559. The molecule has 2 saturated heterocycles. The summed E-state index contributed by atoms with van der Waals surface area (Å²) in [5.41, 5.74) is 0.745. The fourth-order valence-electron chi connectivity index (χ4n) is 4.41. The van der Waals surface area contributed by atoms with Crippen LogP contribution in [0.3, 0.4) is 0 Å². The Labute approximate surface area is 206 Å². The minimum atomic E-state index is -0.884. The van der Waals surface area contributed by atoms with E-state index in [1.54, 1.807) is 24.3 Å². The van der Waals surface area contributed by atoms with Crippen LogP contribution in [0.4, 0.5) is 26.2 Å². The van der Waals surface area contributed by atoms with E-state index in [9.17, 15) is 23.9 Å². The van der Waals surface area contributed by atoms with E-state index >= 15 is 0 Å². The predicted molar refractivity (Wildman–Crippen MR) is 129 cm³/mol. The molecule has 0 unspecified atom stereocenters. The number of hydrogen-bond donors (Lipinski definition) is 3. The first-order valence-electron chi connectivity index (χ1n) is 11.2. The van der Waals surface area contributed by atoms with Crippen LogP contribution in [0.5, 0.6) is 0 Å². The molecule has 2 aliphatic heterocycles. The summed E-state index contributed by atoms with van der Waals surface area (Å²) in [6.45, 7) is -0.0306. The highest BCUT2D eigenvalue weighted by Gasteiger charge is 2.40. The van der Waals surface area contributed by atoms with E-state index in [2.05, 4.69) is 10.6 Å². The molecule has 11 heteroatoms. The normalized spacial score (nSPS) is 21.9. The van der Waals surface area contributed by atoms with Gasteiger partial charge in [0.2, 0.25) is 11.8 Å². The second-order valence-electron chi connectivity index (χ2n) is 8.49. The summed E-state index contributed by atoms with van der Waals surface area (Å²) in [5, 5.41) is 15.3. The fourth-order valence-corrected chi connectivity index (χ4v) is 4.54. The molecule has 2 aliphatic rings. The van der Waals surface area contributed by atoms with Gasteiger partial charge in [-0.25, -0.2) is 9.18 Å². The van der Waals surface area contributed by atoms with Crippen LogP contribution in [0.1, 0.15) is 19.3 Å². The summed E-state index contributed by atoms with van der Waals surface area (Å²) in [6.07, 6.45) is 0.662. The van der Waals surface area contributed by atoms with Gasteiger partial charge in [-0.05, 0) is 48.9 Å². The topological polar surface area (TPSA) is 111 Å². The summed E-state index contributed by atoms with van der Waals surface area (Å²) < 4.78 is 20.2. The van der Waals surface area contributed by atoms with Crippen LogP contribution in [0.15, 0.2) is 42.5 Å². The Balaban J connectivity index is 1.47. The van der Waals surface area contributed by atoms with E-state index in [4.69, 9.17) is 16.3 Å². The van der Waals surface area contributed by atoms with Crippen molar-refractivity contribution < 1.29 is 28.6 Å². The number of halogens is 2. The number of carbonyl (C=O) groups is 3. The zero-order valence-electron chi connectivity index (χ0n) is 19.0. The highest BCUT2D eigenvalue weighted by atomic mass is 35.5. The zero-order chi connectivity index (χ0) is 25.1. The maximum atomic E-state index is 14.9. The zero-order valence-corrected chi connectivity index (χ0v) is 19.8. The summed E-state index contributed by atoms with van der Waals surface area (Å²) >= 11 is 5.88. The van der Waals surface area contributed by atoms with Crippen molar-refractivity contribution in [2.75, 3.05) is 35.8 Å². The van der Waals surface area contributed by atoms with Crippen LogP contribution in [0, 0.1) is 5.82 Å². The molecule has 0 aromatic heterocycles. The third-order valence-corrected chi connectivity index (χ3v) is 6.53. The molecule has 2 fully saturated rings. The number of methoxy groups -OCH3 is 1. The highest BCUT2D eigenvalue weighted by Crippen LogP contribution is 2.30. The monoisotopic (exact) mass is 504 g/mol. The smallest absolute Gasteiger partial charge is 0.322 e. The van der Waals surface area contributed by atoms with Gasteiger partial charge in [-0.2, -0.15) is 0 Å². The molecule has 4 rings (SSSR count). The van der Waals surface area contributed by atoms with Gasteiger partial charge in [0, 0.05) is 42.9 Å². The van der Waals surface area contributed by atoms with Crippen LogP contribution >= 0.6 is 11.6 Å². The van der Waals surface area contributed by atoms with Gasteiger partial charge in [0.15, 0.2) is 0 Å². The average molecular weight is 505 g/mol. The summed E-state index contributed by atoms with van der Waals surface area (Å²) in [5.74, 6) is -1.49. The Morgan fingerprint density at radius 1 is 1.20 bits per heavy atom. The van der Waals surface area contributed by atoms with Crippen LogP contribution < -0.4 is 15.5 Å². The number of aliphatic hydroxyl groups excluding tert-OH is 1. The molecule has 9 nitrogen and oxygen atoms in total. The van der Waals surface area contributed by atoms with Crippen molar-refractivity contribution in [1.82, 2.24) is 4.90 Å². The lowest BCUT2D eigenvalue weighted by molar-refractivity contribution is -0.119. The molecule has 2 aromatic rings. The number of hydrogen-bond acceptors (Lipinski definition) is 5. The predicted octanol–water partition coefficient (Wildman–Crippen LogP) is 3.23. The molecule has 35 heavy (non-hydrogen) atoms. The van der Waals surface area contributed by atoms with Crippen molar-refractivity contribution in [2.45, 2.75) is 37.5 Å². The SMILES string of the molecule is CO[C@@H]1C[C@H](C(=O)Nc2ccc(N3C(=O)CC[C@H]3CO)cc2F)N(C(=O)Nc2ccc(Cl)cc2)C1. The molecule has 3 N–H and O–H groups in total. The van der Waals surface area contributed by atoms with Gasteiger partial charge < -0.3 is 30.3 Å². The van der Waals surface area contributed by atoms with Gasteiger partial charge >= 0.3 is 6.03 Å². The lowest BCUT2D eigenvalue weighted by Crippen LogP contribution is -2.45. The van der Waals surface area contributed by atoms with Crippen molar-refractivity contribution in [3.8, 4) is 0 Å². The molecule has 3 atom stereocenters. The molecule has 2 aromatic carbocycles. The first-order chi connectivity index (χ1) is 16.8. The standard InChI is InChI=1S/C24H26ClFN4O5/c1-35-18-11-21(29(12-18)24(34)27-15-4-2-14(25)3-5-15)23(33)28-20-8-6-16(10-19(20)26)30-17(13-31)7-9-22(30)32/h2-6,8,10,17-18,21,31H,7,9,11-13H2,1H3,(H,27,34)(H,28,33)/t17-,18+,21+/m0/s1. The van der Waals surface area contributed by atoms with Crippen LogP contribution in [-0.2, 0) is 14.3 Å². The Bertz CT molecular complexity index is 1120. The molecule has 186 valence electrons. The van der Waals surface area contributed by atoms with E-state index < -0.39 is 29.8 Å². The minimum Gasteiger partial charge on any atom is -0.394 e. The molecule has 0 aliphatic carbocycles. The molecule has 0 radical (unpaired) electrons. The number of nitrogens with zero attached hydrogens (tertiary/aromatic N) is 2. The molecular weight excluding hydrogens is 479 g/mol. The van der Waals surface area contributed by atoms with Gasteiger partial charge in [0.05, 0.1) is 24.4 Å². The van der Waals surface area contributed by atoms with E-state index in [-0.39, 0.29) is 43.7 Å². The van der Waals surface area contributed by atoms with Crippen molar-refractivity contribution in [3.05, 3.63) is 53.3 Å². The molecular formula is C24H26ClFN4O5. The van der Waals surface area contributed by atoms with Gasteiger partial charge in [-0.3, -0.25) is 9.59 Å². The lowest BCUT2D eigenvalue weighted by Gasteiger charge is -2.25. The number of ether oxygens (including phenoxy) is 1. The second kappa shape index (κ2) is 10.6. The maximum Gasteiger partial charge on any atom is 0.322 e. The second-order valence-corrected chi connectivity index (χ2v) is 8.93. The molecule has 2 heterocycles.